The number of likely N-dealkylation sites (tertiary alicyclic amines) is 1. The Morgan fingerprint density at radius 1 is 1.30 bits per heavy atom. The van der Waals surface area contributed by atoms with Crippen molar-refractivity contribution in [1.82, 2.24) is 9.88 Å². The van der Waals surface area contributed by atoms with Gasteiger partial charge in [0.2, 0.25) is 5.91 Å². The van der Waals surface area contributed by atoms with Gasteiger partial charge in [0.15, 0.2) is 0 Å². The van der Waals surface area contributed by atoms with Crippen molar-refractivity contribution in [2.24, 2.45) is 0 Å². The van der Waals surface area contributed by atoms with Crippen LogP contribution >= 0.6 is 11.3 Å². The van der Waals surface area contributed by atoms with Crippen LogP contribution in [0.1, 0.15) is 49.6 Å². The van der Waals surface area contributed by atoms with Crippen molar-refractivity contribution < 1.29 is 9.53 Å². The minimum Gasteiger partial charge on any atom is -0.378 e. The second kappa shape index (κ2) is 6.57. The van der Waals surface area contributed by atoms with Crippen LogP contribution in [0.4, 0.5) is 0 Å². The second-order valence-corrected chi connectivity index (χ2v) is 7.50. The van der Waals surface area contributed by atoms with Gasteiger partial charge in [0.25, 0.3) is 0 Å². The van der Waals surface area contributed by atoms with Crippen LogP contribution < -0.4 is 0 Å². The fourth-order valence-corrected chi connectivity index (χ4v) is 4.77. The van der Waals surface area contributed by atoms with Gasteiger partial charge >= 0.3 is 0 Å². The number of amides is 1. The fraction of sp³-hybridized carbons (Fsp3) is 0.556. The number of aromatic nitrogens is 1. The maximum absolute atomic E-state index is 12.6. The third-order valence-corrected chi connectivity index (χ3v) is 6.01. The first-order valence-electron chi connectivity index (χ1n) is 8.58. The largest absolute Gasteiger partial charge is 0.378 e. The Hall–Kier alpha value is -1.46. The minimum absolute atomic E-state index is 0.171. The van der Waals surface area contributed by atoms with Crippen LogP contribution in [-0.4, -0.2) is 35.0 Å². The minimum atomic E-state index is 0.171. The van der Waals surface area contributed by atoms with Crippen LogP contribution in [0.3, 0.4) is 0 Å². The first-order chi connectivity index (χ1) is 11.3. The lowest BCUT2D eigenvalue weighted by Crippen LogP contribution is -2.31. The normalized spacial score (nSPS) is 24.6. The quantitative estimate of drug-likeness (QED) is 0.853. The average Bonchev–Trinajstić information content (AvgIpc) is 3.31. The number of rotatable bonds is 4. The molecular weight excluding hydrogens is 308 g/mol. The average molecular weight is 330 g/mol. The van der Waals surface area contributed by atoms with E-state index in [1.165, 1.54) is 4.70 Å². The first kappa shape index (κ1) is 15.1. The molecule has 2 fully saturated rings. The Labute approximate surface area is 140 Å². The molecule has 2 aliphatic heterocycles. The lowest BCUT2D eigenvalue weighted by molar-refractivity contribution is -0.132. The van der Waals surface area contributed by atoms with Gasteiger partial charge in [-0.2, -0.15) is 0 Å². The number of fused-ring (bicyclic) bond motifs is 1. The van der Waals surface area contributed by atoms with Crippen molar-refractivity contribution >= 4 is 27.5 Å². The van der Waals surface area contributed by atoms with Gasteiger partial charge in [-0.05, 0) is 44.2 Å². The molecule has 4 nitrogen and oxygen atoms in total. The number of hydrogen-bond donors (Lipinski definition) is 0. The summed E-state index contributed by atoms with van der Waals surface area (Å²) in [5, 5.41) is 1.09. The van der Waals surface area contributed by atoms with E-state index in [-0.39, 0.29) is 11.9 Å². The molecule has 4 rings (SSSR count). The van der Waals surface area contributed by atoms with Crippen LogP contribution in [0.15, 0.2) is 24.3 Å². The number of carbonyl (C=O) groups excluding carboxylic acids is 1. The molecule has 2 saturated heterocycles. The van der Waals surface area contributed by atoms with Crippen LogP contribution in [0.2, 0.25) is 0 Å². The van der Waals surface area contributed by atoms with Gasteiger partial charge in [-0.1, -0.05) is 12.1 Å². The van der Waals surface area contributed by atoms with Crippen molar-refractivity contribution in [3.63, 3.8) is 0 Å². The van der Waals surface area contributed by atoms with E-state index in [0.717, 1.165) is 55.8 Å². The van der Waals surface area contributed by atoms with Gasteiger partial charge in [0, 0.05) is 19.6 Å². The third kappa shape index (κ3) is 3.12. The van der Waals surface area contributed by atoms with E-state index in [1.54, 1.807) is 11.3 Å². The number of hydrogen-bond acceptors (Lipinski definition) is 4. The molecule has 0 bridgehead atoms. The number of thiazole rings is 1. The maximum atomic E-state index is 12.6. The molecule has 23 heavy (non-hydrogen) atoms. The molecule has 1 aromatic heterocycles. The predicted octanol–water partition coefficient (Wildman–Crippen LogP) is 3.92. The maximum Gasteiger partial charge on any atom is 0.223 e. The van der Waals surface area contributed by atoms with E-state index in [4.69, 9.17) is 9.72 Å². The highest BCUT2D eigenvalue weighted by Crippen LogP contribution is 2.37. The molecule has 0 saturated carbocycles. The van der Waals surface area contributed by atoms with Gasteiger partial charge < -0.3 is 9.64 Å². The van der Waals surface area contributed by atoms with Crippen molar-refractivity contribution in [2.45, 2.75) is 50.7 Å². The Morgan fingerprint density at radius 2 is 2.22 bits per heavy atom. The van der Waals surface area contributed by atoms with Crippen LogP contribution in [-0.2, 0) is 9.53 Å². The zero-order chi connectivity index (χ0) is 15.6. The summed E-state index contributed by atoms with van der Waals surface area (Å²) in [6.07, 6.45) is 6.11. The fourth-order valence-electron chi connectivity index (χ4n) is 3.65. The molecular formula is C18H22N2O2S. The smallest absolute Gasteiger partial charge is 0.223 e. The molecule has 2 aromatic rings. The van der Waals surface area contributed by atoms with Crippen molar-refractivity contribution in [2.75, 3.05) is 13.2 Å². The summed E-state index contributed by atoms with van der Waals surface area (Å²) in [6.45, 7) is 1.72. The summed E-state index contributed by atoms with van der Waals surface area (Å²) >= 11 is 1.73. The van der Waals surface area contributed by atoms with Crippen LogP contribution in [0.5, 0.6) is 0 Å². The predicted molar refractivity (Wildman–Crippen MR) is 91.5 cm³/mol. The lowest BCUT2D eigenvalue weighted by Gasteiger charge is -2.23. The highest BCUT2D eigenvalue weighted by atomic mass is 32.1. The summed E-state index contributed by atoms with van der Waals surface area (Å²) in [4.78, 5) is 19.5. The van der Waals surface area contributed by atoms with Gasteiger partial charge in [-0.15, -0.1) is 11.3 Å². The van der Waals surface area contributed by atoms with E-state index in [1.807, 2.05) is 23.1 Å². The van der Waals surface area contributed by atoms with Crippen molar-refractivity contribution in [3.8, 4) is 0 Å². The molecule has 0 N–H and O–H groups in total. The van der Waals surface area contributed by atoms with E-state index in [9.17, 15) is 4.79 Å². The highest BCUT2D eigenvalue weighted by Gasteiger charge is 2.32. The summed E-state index contributed by atoms with van der Waals surface area (Å²) in [5.74, 6) is 0.266. The van der Waals surface area contributed by atoms with Gasteiger partial charge in [0.05, 0.1) is 22.4 Å². The summed E-state index contributed by atoms with van der Waals surface area (Å²) in [5.41, 5.74) is 1.05. The zero-order valence-corrected chi connectivity index (χ0v) is 14.1. The number of nitrogens with zero attached hydrogens (tertiary/aromatic N) is 2. The Kier molecular flexibility index (Phi) is 4.31. The summed E-state index contributed by atoms with van der Waals surface area (Å²) in [6, 6.07) is 8.39. The van der Waals surface area contributed by atoms with Crippen LogP contribution in [0, 0.1) is 0 Å². The molecule has 5 heteroatoms. The molecule has 0 radical (unpaired) electrons. The van der Waals surface area contributed by atoms with E-state index in [2.05, 4.69) is 6.07 Å². The molecule has 2 aliphatic rings. The number of carbonyl (C=O) groups is 1. The molecule has 122 valence electrons. The van der Waals surface area contributed by atoms with Crippen molar-refractivity contribution in [1.29, 1.82) is 0 Å². The SMILES string of the molecule is O=C(CC[C@H]1CCCO1)N1CCC[C@@H]1c1nc2ccccc2s1. The molecule has 0 unspecified atom stereocenters. The molecule has 2 atom stereocenters. The third-order valence-electron chi connectivity index (χ3n) is 4.87. The second-order valence-electron chi connectivity index (χ2n) is 6.44. The van der Waals surface area contributed by atoms with E-state index < -0.39 is 0 Å². The highest BCUT2D eigenvalue weighted by molar-refractivity contribution is 7.18. The standard InChI is InChI=1S/C18H22N2O2S/c21-17(10-9-13-5-4-12-22-13)20-11-3-7-15(20)18-19-14-6-1-2-8-16(14)23-18/h1-2,6,8,13,15H,3-5,7,9-12H2/t13-,15-/m1/s1. The Bertz CT molecular complexity index is 660. The zero-order valence-electron chi connectivity index (χ0n) is 13.2. The molecule has 0 aliphatic carbocycles. The monoisotopic (exact) mass is 330 g/mol. The van der Waals surface area contributed by atoms with E-state index >= 15 is 0 Å². The Morgan fingerprint density at radius 3 is 3.04 bits per heavy atom. The molecule has 1 aromatic carbocycles. The van der Waals surface area contributed by atoms with Crippen molar-refractivity contribution in [3.05, 3.63) is 29.3 Å². The van der Waals surface area contributed by atoms with Gasteiger partial charge in [0.1, 0.15) is 5.01 Å². The number of para-hydroxylation sites is 1. The first-order valence-corrected chi connectivity index (χ1v) is 9.39. The molecule has 0 spiro atoms. The lowest BCUT2D eigenvalue weighted by atomic mass is 10.1. The number of benzene rings is 1. The van der Waals surface area contributed by atoms with Crippen LogP contribution in [0.25, 0.3) is 10.2 Å². The summed E-state index contributed by atoms with van der Waals surface area (Å²) < 4.78 is 6.85. The topological polar surface area (TPSA) is 42.4 Å². The molecule has 3 heterocycles. The van der Waals surface area contributed by atoms with Gasteiger partial charge in [-0.25, -0.2) is 4.98 Å². The Balaban J connectivity index is 1.46. The van der Waals surface area contributed by atoms with Gasteiger partial charge in [-0.3, -0.25) is 4.79 Å². The van der Waals surface area contributed by atoms with E-state index in [0.29, 0.717) is 12.5 Å². The molecule has 1 amide bonds. The summed E-state index contributed by atoms with van der Waals surface area (Å²) in [7, 11) is 0. The number of ether oxygens (including phenoxy) is 1.